The molecule has 3 fully saturated rings. The van der Waals surface area contributed by atoms with Crippen molar-refractivity contribution in [1.82, 2.24) is 52.8 Å². The van der Waals surface area contributed by atoms with Gasteiger partial charge >= 0.3 is 18.5 Å². The maximum atomic E-state index is 13.3. The molecule has 0 radical (unpaired) electrons. The third-order valence-electron chi connectivity index (χ3n) is 16.4. The number of halogens is 1. The van der Waals surface area contributed by atoms with Crippen molar-refractivity contribution in [3.05, 3.63) is 142 Å². The SMILES string of the molecule is Cn1c(=O)n(C2CCC(O)CC2)c2c3cc(Br)ccc3ncc21.Cn1cc(-c2ccc(-c3ccc4ncc5c(c4c3)n(C3CCC(O)CC3)c(=O)n5C)cc2)cn1.Cn1cc(-c2ccc(B3OC(C)(C)C(C)(C)O3)cn2)cn1. The summed E-state index contributed by atoms with van der Waals surface area (Å²) in [6.45, 7) is 8.18. The van der Waals surface area contributed by atoms with E-state index in [-0.39, 0.29) is 54.0 Å². The highest BCUT2D eigenvalue weighted by molar-refractivity contribution is 9.10. The van der Waals surface area contributed by atoms with Gasteiger partial charge in [0, 0.05) is 90.7 Å². The fourth-order valence-corrected chi connectivity index (χ4v) is 11.6. The molecule has 7 aromatic heterocycles. The van der Waals surface area contributed by atoms with Crippen LogP contribution in [-0.4, -0.2) is 93.5 Å². The number of nitrogens with zero attached hydrogens (tertiary/aromatic N) is 11. The number of benzene rings is 3. The van der Waals surface area contributed by atoms with Crippen LogP contribution in [0.15, 0.2) is 130 Å². The van der Waals surface area contributed by atoms with Crippen LogP contribution in [0.4, 0.5) is 0 Å². The van der Waals surface area contributed by atoms with Gasteiger partial charge in [-0.2, -0.15) is 10.2 Å². The van der Waals surface area contributed by atoms with E-state index in [4.69, 9.17) is 9.31 Å². The molecule has 19 heteroatoms. The van der Waals surface area contributed by atoms with Gasteiger partial charge < -0.3 is 19.5 Å². The maximum Gasteiger partial charge on any atom is 0.496 e. The van der Waals surface area contributed by atoms with Gasteiger partial charge in [0.15, 0.2) is 0 Å². The van der Waals surface area contributed by atoms with Crippen LogP contribution in [0.2, 0.25) is 0 Å². The Morgan fingerprint density at radius 3 is 1.47 bits per heavy atom. The van der Waals surface area contributed by atoms with E-state index >= 15 is 0 Å². The Morgan fingerprint density at radius 1 is 0.538 bits per heavy atom. The van der Waals surface area contributed by atoms with Crippen molar-refractivity contribution in [2.24, 2.45) is 28.2 Å². The van der Waals surface area contributed by atoms with Crippen molar-refractivity contribution in [1.29, 1.82) is 0 Å². The molecule has 3 aromatic carbocycles. The second-order valence-electron chi connectivity index (χ2n) is 22.2. The number of aliphatic hydroxyl groups is 2. The summed E-state index contributed by atoms with van der Waals surface area (Å²) in [6, 6.07) is 24.9. The minimum atomic E-state index is -0.370. The smallest absolute Gasteiger partial charge is 0.399 e. The first-order chi connectivity index (χ1) is 37.3. The molecule has 0 amide bonds. The number of fused-ring (bicyclic) bond motifs is 6. The molecule has 13 rings (SSSR count). The van der Waals surface area contributed by atoms with Crippen LogP contribution in [0, 0.1) is 0 Å². The second kappa shape index (κ2) is 21.0. The summed E-state index contributed by atoms with van der Waals surface area (Å²) < 4.78 is 23.8. The van der Waals surface area contributed by atoms with Crippen molar-refractivity contribution >= 4 is 72.4 Å². The van der Waals surface area contributed by atoms with Crippen LogP contribution in [0.25, 0.3) is 77.4 Å². The number of aliphatic hydroxyl groups excluding tert-OH is 2. The van der Waals surface area contributed by atoms with Gasteiger partial charge in [0.2, 0.25) is 0 Å². The minimum Gasteiger partial charge on any atom is -0.399 e. The number of pyridine rings is 3. The number of aryl methyl sites for hydroxylation is 4. The molecule has 1 aliphatic heterocycles. The average molecular weight is 1110 g/mol. The average Bonchev–Trinajstić information content (AvgIpc) is 4.27. The van der Waals surface area contributed by atoms with Crippen molar-refractivity contribution in [2.45, 2.75) is 115 Å². The summed E-state index contributed by atoms with van der Waals surface area (Å²) >= 11 is 3.52. The van der Waals surface area contributed by atoms with E-state index in [1.807, 2.05) is 119 Å². The fourth-order valence-electron chi connectivity index (χ4n) is 11.2. The molecular weight excluding hydrogens is 1050 g/mol. The van der Waals surface area contributed by atoms with E-state index < -0.39 is 0 Å². The quantitative estimate of drug-likeness (QED) is 0.151. The van der Waals surface area contributed by atoms with E-state index in [9.17, 15) is 19.8 Å². The van der Waals surface area contributed by atoms with Crippen molar-refractivity contribution in [3.8, 4) is 33.5 Å². The Labute approximate surface area is 460 Å². The van der Waals surface area contributed by atoms with Crippen molar-refractivity contribution in [3.63, 3.8) is 0 Å². The lowest BCUT2D eigenvalue weighted by molar-refractivity contribution is 0.00578. The van der Waals surface area contributed by atoms with E-state index in [0.717, 1.165) is 139 Å². The number of imidazole rings is 2. The summed E-state index contributed by atoms with van der Waals surface area (Å²) in [5, 5.41) is 30.1. The number of hydrogen-bond donors (Lipinski definition) is 2. The van der Waals surface area contributed by atoms with Crippen molar-refractivity contribution in [2.75, 3.05) is 0 Å². The molecule has 17 nitrogen and oxygen atoms in total. The van der Waals surface area contributed by atoms with Crippen LogP contribution >= 0.6 is 15.9 Å². The lowest BCUT2D eigenvalue weighted by Gasteiger charge is -2.32. The molecule has 2 saturated carbocycles. The van der Waals surface area contributed by atoms with Gasteiger partial charge in [0.25, 0.3) is 0 Å². The first-order valence-electron chi connectivity index (χ1n) is 26.7. The lowest BCUT2D eigenvalue weighted by Crippen LogP contribution is -2.41. The molecule has 0 unspecified atom stereocenters. The van der Waals surface area contributed by atoms with Gasteiger partial charge in [0.05, 0.1) is 87.0 Å². The van der Waals surface area contributed by atoms with Crippen LogP contribution < -0.4 is 16.8 Å². The maximum absolute atomic E-state index is 13.3. The van der Waals surface area contributed by atoms with E-state index in [1.165, 1.54) is 0 Å². The highest BCUT2D eigenvalue weighted by Gasteiger charge is 2.51. The van der Waals surface area contributed by atoms with Gasteiger partial charge in [-0.05, 0) is 132 Å². The number of hydrogen-bond acceptors (Lipinski definition) is 11. The normalized spacial score (nSPS) is 20.0. The highest BCUT2D eigenvalue weighted by Crippen LogP contribution is 2.38. The molecule has 3 aliphatic rings. The van der Waals surface area contributed by atoms with E-state index in [0.29, 0.717) is 0 Å². The number of rotatable bonds is 6. The zero-order chi connectivity index (χ0) is 54.8. The van der Waals surface area contributed by atoms with Gasteiger partial charge in [-0.15, -0.1) is 0 Å². The second-order valence-corrected chi connectivity index (χ2v) is 23.1. The number of aromatic nitrogens is 11. The van der Waals surface area contributed by atoms with Crippen LogP contribution in [-0.2, 0) is 37.5 Å². The molecule has 402 valence electrons. The van der Waals surface area contributed by atoms with E-state index in [1.54, 1.807) is 44.1 Å². The zero-order valence-electron chi connectivity index (χ0n) is 45.3. The third kappa shape index (κ3) is 10.1. The van der Waals surface area contributed by atoms with Crippen LogP contribution in [0.3, 0.4) is 0 Å². The predicted octanol–water partition coefficient (Wildman–Crippen LogP) is 9.34. The van der Waals surface area contributed by atoms with E-state index in [2.05, 4.69) is 77.5 Å². The van der Waals surface area contributed by atoms with Crippen LogP contribution in [0.1, 0.15) is 91.1 Å². The Morgan fingerprint density at radius 2 is 1.00 bits per heavy atom. The lowest BCUT2D eigenvalue weighted by atomic mass is 9.80. The Bertz CT molecular complexity index is 3940. The summed E-state index contributed by atoms with van der Waals surface area (Å²) in [7, 11) is 7.05. The molecule has 0 bridgehead atoms. The predicted molar refractivity (Wildman–Crippen MR) is 309 cm³/mol. The molecular formula is C59H65BBrN11O6. The molecule has 0 spiro atoms. The third-order valence-corrected chi connectivity index (χ3v) is 16.9. The van der Waals surface area contributed by atoms with Crippen molar-refractivity contribution < 1.29 is 19.5 Å². The topological polar surface area (TPSA) is 187 Å². The molecule has 10 aromatic rings. The largest absolute Gasteiger partial charge is 0.496 e. The Hall–Kier alpha value is -7.03. The zero-order valence-corrected chi connectivity index (χ0v) is 46.9. The fraction of sp³-hybridized carbons (Fsp3) is 0.373. The molecule has 78 heavy (non-hydrogen) atoms. The summed E-state index contributed by atoms with van der Waals surface area (Å²) in [5.41, 5.74) is 11.9. The van der Waals surface area contributed by atoms with Crippen LogP contribution in [0.5, 0.6) is 0 Å². The van der Waals surface area contributed by atoms with Gasteiger partial charge in [-0.1, -0.05) is 52.3 Å². The molecule has 0 atom stereocenters. The summed E-state index contributed by atoms with van der Waals surface area (Å²) in [5.74, 6) is 0. The molecule has 8 heterocycles. The van der Waals surface area contributed by atoms with Gasteiger partial charge in [0.1, 0.15) is 0 Å². The Balaban J connectivity index is 0.000000129. The monoisotopic (exact) mass is 1110 g/mol. The summed E-state index contributed by atoms with van der Waals surface area (Å²) in [6.07, 6.45) is 18.7. The first kappa shape index (κ1) is 53.0. The molecule has 2 aliphatic carbocycles. The van der Waals surface area contributed by atoms with Gasteiger partial charge in [-0.25, -0.2) is 9.59 Å². The molecule has 1 saturated heterocycles. The van der Waals surface area contributed by atoms with Gasteiger partial charge in [-0.3, -0.25) is 42.6 Å². The Kier molecular flexibility index (Phi) is 14.3. The first-order valence-corrected chi connectivity index (χ1v) is 27.5. The minimum absolute atomic E-state index is 0.00401. The highest BCUT2D eigenvalue weighted by atomic mass is 79.9. The standard InChI is InChI=1S/C27H27N5O2.C17H18BrN3O2.C15H20BN3O2/c1-30-16-20(14-29-30)18-5-3-17(4-6-18)19-7-12-24-23(13-19)26-25(15-28-24)31(2)27(34)32(26)21-8-10-22(33)11-9-21;1-20-15-9-19-14-7-2-10(18)8-13(14)16(15)21(17(20)23)11-3-5-12(22)6-4-11;1-14(2)15(3,4)21-16(20-14)12-6-7-13(17-9-12)11-8-18-19(5)10-11/h3-7,12-16,21-22,33H,8-11H2,1-2H3;2,7-9,11-12,22H,3-6H2,1H3;6-10H,1-5H3. The molecule has 2 N–H and O–H groups in total. The summed E-state index contributed by atoms with van der Waals surface area (Å²) in [4.78, 5) is 39.7.